The summed E-state index contributed by atoms with van der Waals surface area (Å²) in [5.41, 5.74) is 0.734. The van der Waals surface area contributed by atoms with E-state index in [0.29, 0.717) is 0 Å². The molecule has 0 bridgehead atoms. The Bertz CT molecular complexity index is 845. The molecule has 0 amide bonds. The predicted octanol–water partition coefficient (Wildman–Crippen LogP) is 3.29. The van der Waals surface area contributed by atoms with Crippen LogP contribution in [0.4, 0.5) is 9.52 Å². The van der Waals surface area contributed by atoms with Gasteiger partial charge < -0.3 is 15.1 Å². The number of halogens is 2. The van der Waals surface area contributed by atoms with Gasteiger partial charge in [-0.15, -0.1) is 24.0 Å². The summed E-state index contributed by atoms with van der Waals surface area (Å²) in [4.78, 5) is 13.6. The van der Waals surface area contributed by atoms with E-state index in [4.69, 9.17) is 0 Å². The highest BCUT2D eigenvalue weighted by Gasteiger charge is 2.46. The van der Waals surface area contributed by atoms with E-state index in [-0.39, 0.29) is 35.2 Å². The highest BCUT2D eigenvalue weighted by Crippen LogP contribution is 2.48. The molecule has 1 saturated heterocycles. The minimum atomic E-state index is -0.103. The Hall–Kier alpha value is -1.49. The zero-order valence-corrected chi connectivity index (χ0v) is 20.0. The number of nitrogens with zero attached hydrogens (tertiary/aromatic N) is 5. The summed E-state index contributed by atoms with van der Waals surface area (Å²) < 4.78 is 18.6. The van der Waals surface area contributed by atoms with Gasteiger partial charge in [-0.1, -0.05) is 25.1 Å². The predicted molar refractivity (Wildman–Crippen MR) is 127 cm³/mol. The van der Waals surface area contributed by atoms with E-state index in [1.807, 2.05) is 19.2 Å². The maximum Gasteiger partial charge on any atom is 0.205 e. The van der Waals surface area contributed by atoms with Crippen LogP contribution in [0.2, 0.25) is 0 Å². The summed E-state index contributed by atoms with van der Waals surface area (Å²) in [6, 6.07) is 7.14. The minimum absolute atomic E-state index is 0. The van der Waals surface area contributed by atoms with Crippen molar-refractivity contribution in [1.29, 1.82) is 0 Å². The Kier molecular flexibility index (Phi) is 7.31. The third-order valence-corrected chi connectivity index (χ3v) is 6.53. The number of aliphatic imine (C=N–C) groups is 1. The van der Waals surface area contributed by atoms with E-state index in [1.54, 1.807) is 12.1 Å². The summed E-state index contributed by atoms with van der Waals surface area (Å²) >= 11 is 1.48. The molecule has 1 aliphatic carbocycles. The Morgan fingerprint density at radius 1 is 1.24 bits per heavy atom. The third kappa shape index (κ3) is 4.82. The molecule has 158 valence electrons. The third-order valence-electron chi connectivity index (χ3n) is 5.72. The van der Waals surface area contributed by atoms with Crippen LogP contribution in [0.5, 0.6) is 0 Å². The Morgan fingerprint density at radius 3 is 2.55 bits per heavy atom. The van der Waals surface area contributed by atoms with Gasteiger partial charge >= 0.3 is 0 Å². The van der Waals surface area contributed by atoms with Crippen LogP contribution in [0, 0.1) is 5.82 Å². The molecule has 1 aliphatic heterocycles. The van der Waals surface area contributed by atoms with E-state index in [9.17, 15) is 4.39 Å². The van der Waals surface area contributed by atoms with Gasteiger partial charge in [-0.25, -0.2) is 9.37 Å². The number of nitrogens with one attached hydrogen (secondary N) is 1. The van der Waals surface area contributed by atoms with Gasteiger partial charge in [-0.05, 0) is 24.5 Å². The van der Waals surface area contributed by atoms with Crippen LogP contribution < -0.4 is 10.2 Å². The molecule has 6 nitrogen and oxygen atoms in total. The van der Waals surface area contributed by atoms with Crippen LogP contribution in [0.1, 0.15) is 31.2 Å². The fourth-order valence-electron chi connectivity index (χ4n) is 3.79. The molecule has 4 rings (SSSR count). The van der Waals surface area contributed by atoms with Crippen molar-refractivity contribution >= 4 is 46.6 Å². The first kappa shape index (κ1) is 22.2. The fraction of sp³-hybridized carbons (Fsp3) is 0.550. The summed E-state index contributed by atoms with van der Waals surface area (Å²) in [5, 5.41) is 4.51. The van der Waals surface area contributed by atoms with Crippen molar-refractivity contribution in [1.82, 2.24) is 19.6 Å². The molecule has 0 atom stereocenters. The van der Waals surface area contributed by atoms with Crippen LogP contribution in [0.3, 0.4) is 0 Å². The number of hydrogen-bond acceptors (Lipinski definition) is 5. The van der Waals surface area contributed by atoms with Gasteiger partial charge in [-0.2, -0.15) is 4.37 Å². The second-order valence-corrected chi connectivity index (χ2v) is 8.21. The number of aromatic nitrogens is 2. The minimum Gasteiger partial charge on any atom is -0.355 e. The second-order valence-electron chi connectivity index (χ2n) is 7.48. The molecule has 1 saturated carbocycles. The maximum absolute atomic E-state index is 14.2. The Labute approximate surface area is 192 Å². The summed E-state index contributed by atoms with van der Waals surface area (Å²) in [6.45, 7) is 6.36. The fourth-order valence-corrected chi connectivity index (χ4v) is 4.59. The standard InChI is InChI=1S/C20H27FN6S.HI/c1-3-17-24-19(28-25-17)27-12-10-26(11-13-27)18(22-2)23-14-20(8-9-20)15-6-4-5-7-16(15)21;/h4-7H,3,8-14H2,1-2H3,(H,22,23);1H. The lowest BCUT2D eigenvalue weighted by Gasteiger charge is -2.36. The van der Waals surface area contributed by atoms with Gasteiger partial charge in [0.25, 0.3) is 0 Å². The summed E-state index contributed by atoms with van der Waals surface area (Å²) in [5.74, 6) is 1.71. The number of guanidine groups is 1. The molecule has 0 spiro atoms. The van der Waals surface area contributed by atoms with E-state index < -0.39 is 0 Å². The average Bonchev–Trinajstić information content (AvgIpc) is 3.35. The van der Waals surface area contributed by atoms with Crippen molar-refractivity contribution in [3.05, 3.63) is 41.5 Å². The molecule has 0 unspecified atom stereocenters. The molecular weight excluding hydrogens is 502 g/mol. The molecule has 9 heteroatoms. The Morgan fingerprint density at radius 2 is 1.97 bits per heavy atom. The maximum atomic E-state index is 14.2. The molecular formula is C20H28FIN6S. The van der Waals surface area contributed by atoms with E-state index >= 15 is 0 Å². The first-order valence-electron chi connectivity index (χ1n) is 9.93. The number of aryl methyl sites for hydroxylation is 1. The average molecular weight is 530 g/mol. The van der Waals surface area contributed by atoms with Crippen LogP contribution >= 0.6 is 35.5 Å². The first-order valence-corrected chi connectivity index (χ1v) is 10.7. The zero-order chi connectivity index (χ0) is 19.6. The van der Waals surface area contributed by atoms with Gasteiger partial charge in [0.05, 0.1) is 0 Å². The first-order chi connectivity index (χ1) is 13.6. The number of rotatable bonds is 5. The molecule has 2 heterocycles. The van der Waals surface area contributed by atoms with Gasteiger partial charge in [0.15, 0.2) is 5.96 Å². The monoisotopic (exact) mass is 530 g/mol. The molecule has 2 fully saturated rings. The SMILES string of the molecule is CCc1nsc(N2CCN(C(=NC)NCC3(c4ccccc4F)CC3)CC2)n1.I. The number of piperazine rings is 1. The smallest absolute Gasteiger partial charge is 0.205 e. The highest BCUT2D eigenvalue weighted by molar-refractivity contribution is 14.0. The number of hydrogen-bond donors (Lipinski definition) is 1. The zero-order valence-electron chi connectivity index (χ0n) is 16.9. The van der Waals surface area contributed by atoms with Crippen molar-refractivity contribution in [2.24, 2.45) is 4.99 Å². The quantitative estimate of drug-likeness (QED) is 0.366. The molecule has 1 aromatic carbocycles. The lowest BCUT2D eigenvalue weighted by molar-refractivity contribution is 0.370. The lowest BCUT2D eigenvalue weighted by Crippen LogP contribution is -2.53. The van der Waals surface area contributed by atoms with E-state index in [0.717, 1.165) is 74.5 Å². The molecule has 2 aliphatic rings. The largest absolute Gasteiger partial charge is 0.355 e. The van der Waals surface area contributed by atoms with Crippen LogP contribution in [-0.2, 0) is 11.8 Å². The number of anilines is 1. The van der Waals surface area contributed by atoms with Crippen molar-refractivity contribution in [2.75, 3.05) is 44.7 Å². The summed E-state index contributed by atoms with van der Waals surface area (Å²) in [6.07, 6.45) is 2.90. The molecule has 1 aromatic heterocycles. The van der Waals surface area contributed by atoms with E-state index in [1.165, 1.54) is 11.5 Å². The van der Waals surface area contributed by atoms with Gasteiger partial charge in [0.2, 0.25) is 5.13 Å². The van der Waals surface area contributed by atoms with Gasteiger partial charge in [0.1, 0.15) is 11.6 Å². The molecule has 29 heavy (non-hydrogen) atoms. The van der Waals surface area contributed by atoms with Gasteiger partial charge in [-0.3, -0.25) is 4.99 Å². The Balaban J connectivity index is 0.00000240. The van der Waals surface area contributed by atoms with Crippen molar-refractivity contribution in [3.8, 4) is 0 Å². The van der Waals surface area contributed by atoms with Crippen molar-refractivity contribution in [2.45, 2.75) is 31.6 Å². The van der Waals surface area contributed by atoms with Crippen molar-refractivity contribution in [3.63, 3.8) is 0 Å². The van der Waals surface area contributed by atoms with Gasteiger partial charge in [0, 0.05) is 63.1 Å². The van der Waals surface area contributed by atoms with Crippen LogP contribution in [0.25, 0.3) is 0 Å². The summed E-state index contributed by atoms with van der Waals surface area (Å²) in [7, 11) is 1.82. The van der Waals surface area contributed by atoms with E-state index in [2.05, 4.69) is 36.4 Å². The lowest BCUT2D eigenvalue weighted by atomic mass is 9.95. The number of benzene rings is 1. The van der Waals surface area contributed by atoms with Crippen LogP contribution in [-0.4, -0.2) is 60.0 Å². The normalized spacial score (nSPS) is 18.4. The molecule has 1 N–H and O–H groups in total. The van der Waals surface area contributed by atoms with Crippen molar-refractivity contribution < 1.29 is 4.39 Å². The molecule has 0 radical (unpaired) electrons. The topological polar surface area (TPSA) is 56.7 Å². The molecule has 2 aromatic rings. The second kappa shape index (κ2) is 9.55. The van der Waals surface area contributed by atoms with Crippen LogP contribution in [0.15, 0.2) is 29.3 Å². The highest BCUT2D eigenvalue weighted by atomic mass is 127.